The molecule has 0 aliphatic carbocycles. The Morgan fingerprint density at radius 2 is 2.00 bits per heavy atom. The summed E-state index contributed by atoms with van der Waals surface area (Å²) in [5.74, 6) is 0.461. The zero-order valence-electron chi connectivity index (χ0n) is 4.52. The van der Waals surface area contributed by atoms with E-state index in [1.54, 1.807) is 18.3 Å². The molecule has 0 unspecified atom stereocenters. The first-order chi connectivity index (χ1) is 3.39. The molecule has 52 valence electrons. The Labute approximate surface area is 65.5 Å². The van der Waals surface area contributed by atoms with Gasteiger partial charge in [0.25, 0.3) is 0 Å². The lowest BCUT2D eigenvalue weighted by molar-refractivity contribution is 1.04. The molecule has 0 amide bonds. The van der Waals surface area contributed by atoms with Crippen molar-refractivity contribution in [3.63, 3.8) is 0 Å². The molecular formula is C4H7Cl2N3. The van der Waals surface area contributed by atoms with Crippen LogP contribution in [0.15, 0.2) is 18.3 Å². The van der Waals surface area contributed by atoms with E-state index in [4.69, 9.17) is 5.73 Å². The summed E-state index contributed by atoms with van der Waals surface area (Å²) in [6.45, 7) is 0. The van der Waals surface area contributed by atoms with Crippen molar-refractivity contribution in [2.45, 2.75) is 0 Å². The fourth-order valence-corrected chi connectivity index (χ4v) is 0.313. The summed E-state index contributed by atoms with van der Waals surface area (Å²) in [6.07, 6.45) is 1.58. The van der Waals surface area contributed by atoms with Gasteiger partial charge in [-0.25, -0.2) is 0 Å². The summed E-state index contributed by atoms with van der Waals surface area (Å²) in [4.78, 5) is 0. The topological polar surface area (TPSA) is 51.8 Å². The largest absolute Gasteiger partial charge is 0.382 e. The molecule has 0 saturated carbocycles. The Kier molecular flexibility index (Phi) is 7.01. The lowest BCUT2D eigenvalue weighted by Crippen LogP contribution is -1.88. The van der Waals surface area contributed by atoms with Crippen LogP contribution < -0.4 is 5.73 Å². The second-order valence-corrected chi connectivity index (χ2v) is 1.15. The van der Waals surface area contributed by atoms with E-state index in [0.717, 1.165) is 0 Å². The van der Waals surface area contributed by atoms with Crippen LogP contribution in [-0.2, 0) is 0 Å². The van der Waals surface area contributed by atoms with E-state index in [9.17, 15) is 0 Å². The van der Waals surface area contributed by atoms with E-state index in [1.807, 2.05) is 0 Å². The van der Waals surface area contributed by atoms with Crippen molar-refractivity contribution in [2.24, 2.45) is 0 Å². The van der Waals surface area contributed by atoms with Crippen molar-refractivity contribution in [2.75, 3.05) is 5.73 Å². The van der Waals surface area contributed by atoms with Crippen molar-refractivity contribution in [3.05, 3.63) is 18.3 Å². The molecule has 0 aliphatic rings. The van der Waals surface area contributed by atoms with Gasteiger partial charge in [0.2, 0.25) is 0 Å². The van der Waals surface area contributed by atoms with E-state index >= 15 is 0 Å². The van der Waals surface area contributed by atoms with Crippen LogP contribution in [0.4, 0.5) is 5.82 Å². The molecule has 1 aromatic heterocycles. The van der Waals surface area contributed by atoms with Crippen LogP contribution in [0.1, 0.15) is 0 Å². The van der Waals surface area contributed by atoms with E-state index < -0.39 is 0 Å². The summed E-state index contributed by atoms with van der Waals surface area (Å²) in [5.41, 5.74) is 5.18. The predicted octanol–water partition coefficient (Wildman–Crippen LogP) is 0.902. The highest BCUT2D eigenvalue weighted by Gasteiger charge is 1.75. The van der Waals surface area contributed by atoms with Gasteiger partial charge in [0, 0.05) is 6.20 Å². The number of nitrogens with zero attached hydrogens (tertiary/aromatic N) is 2. The third-order valence-electron chi connectivity index (χ3n) is 0.593. The van der Waals surface area contributed by atoms with Crippen molar-refractivity contribution in [1.29, 1.82) is 0 Å². The molecular weight excluding hydrogens is 161 g/mol. The molecule has 9 heavy (non-hydrogen) atoms. The molecule has 0 atom stereocenters. The Bertz CT molecular complexity index is 144. The Balaban J connectivity index is 0. The molecule has 2 N–H and O–H groups in total. The van der Waals surface area contributed by atoms with Crippen molar-refractivity contribution in [3.8, 4) is 0 Å². The Morgan fingerprint density at radius 1 is 1.33 bits per heavy atom. The molecule has 1 rings (SSSR count). The summed E-state index contributed by atoms with van der Waals surface area (Å²) < 4.78 is 0. The Morgan fingerprint density at radius 3 is 2.22 bits per heavy atom. The fraction of sp³-hybridized carbons (Fsp3) is 0. The highest BCUT2D eigenvalue weighted by atomic mass is 35.5. The number of halogens is 2. The lowest BCUT2D eigenvalue weighted by Gasteiger charge is -1.81. The summed E-state index contributed by atoms with van der Waals surface area (Å²) >= 11 is 0. The molecule has 0 spiro atoms. The SMILES string of the molecule is Cl.Cl.Nc1cccnn1. The van der Waals surface area contributed by atoms with Gasteiger partial charge in [-0.05, 0) is 12.1 Å². The molecule has 3 nitrogen and oxygen atoms in total. The monoisotopic (exact) mass is 167 g/mol. The quantitative estimate of drug-likeness (QED) is 0.626. The van der Waals surface area contributed by atoms with E-state index in [1.165, 1.54) is 0 Å². The van der Waals surface area contributed by atoms with E-state index in [0.29, 0.717) is 5.82 Å². The first-order valence-electron chi connectivity index (χ1n) is 1.93. The highest BCUT2D eigenvalue weighted by Crippen LogP contribution is 1.86. The van der Waals surface area contributed by atoms with Crippen LogP contribution in [0.5, 0.6) is 0 Å². The van der Waals surface area contributed by atoms with Crippen molar-refractivity contribution < 1.29 is 0 Å². The third kappa shape index (κ3) is 4.00. The van der Waals surface area contributed by atoms with Gasteiger partial charge >= 0.3 is 0 Å². The minimum Gasteiger partial charge on any atom is -0.382 e. The maximum Gasteiger partial charge on any atom is 0.146 e. The average Bonchev–Trinajstić information content (AvgIpc) is 1.69. The number of anilines is 1. The normalized spacial score (nSPS) is 6.67. The second kappa shape index (κ2) is 5.59. The zero-order valence-corrected chi connectivity index (χ0v) is 6.15. The zero-order chi connectivity index (χ0) is 5.11. The van der Waals surface area contributed by atoms with Gasteiger partial charge < -0.3 is 5.73 Å². The molecule has 0 aliphatic heterocycles. The van der Waals surface area contributed by atoms with Gasteiger partial charge in [-0.3, -0.25) is 0 Å². The number of hydrogen-bond donors (Lipinski definition) is 1. The molecule has 0 radical (unpaired) electrons. The molecule has 0 fully saturated rings. The summed E-state index contributed by atoms with van der Waals surface area (Å²) in [6, 6.07) is 3.43. The van der Waals surface area contributed by atoms with Crippen LogP contribution in [0, 0.1) is 0 Å². The molecule has 1 aromatic rings. The smallest absolute Gasteiger partial charge is 0.146 e. The standard InChI is InChI=1S/C4H5N3.2ClH/c5-4-2-1-3-6-7-4;;/h1-3H,(H2,5,7);2*1H. The molecule has 0 bridgehead atoms. The van der Waals surface area contributed by atoms with Crippen molar-refractivity contribution in [1.82, 2.24) is 10.2 Å². The fourth-order valence-electron chi connectivity index (χ4n) is 0.313. The minimum absolute atomic E-state index is 0. The number of aromatic nitrogens is 2. The summed E-state index contributed by atoms with van der Waals surface area (Å²) in [7, 11) is 0. The van der Waals surface area contributed by atoms with Crippen LogP contribution in [0.3, 0.4) is 0 Å². The first kappa shape index (κ1) is 11.3. The van der Waals surface area contributed by atoms with Gasteiger partial charge in [-0.15, -0.1) is 29.9 Å². The molecule has 1 heterocycles. The maximum absolute atomic E-state index is 5.18. The van der Waals surface area contributed by atoms with E-state index in [2.05, 4.69) is 10.2 Å². The molecule has 5 heteroatoms. The number of nitrogens with two attached hydrogens (primary N) is 1. The van der Waals surface area contributed by atoms with Crippen molar-refractivity contribution >= 4 is 30.6 Å². The highest BCUT2D eigenvalue weighted by molar-refractivity contribution is 5.85. The predicted molar refractivity (Wildman–Crippen MR) is 40.9 cm³/mol. The van der Waals surface area contributed by atoms with Crippen LogP contribution >= 0.6 is 24.8 Å². The second-order valence-electron chi connectivity index (χ2n) is 1.15. The van der Waals surface area contributed by atoms with Gasteiger partial charge in [0.1, 0.15) is 5.82 Å². The average molecular weight is 168 g/mol. The van der Waals surface area contributed by atoms with Gasteiger partial charge in [-0.2, -0.15) is 5.10 Å². The van der Waals surface area contributed by atoms with Gasteiger partial charge in [-0.1, -0.05) is 0 Å². The number of rotatable bonds is 0. The minimum atomic E-state index is 0. The third-order valence-corrected chi connectivity index (χ3v) is 0.593. The summed E-state index contributed by atoms with van der Waals surface area (Å²) in [5, 5.41) is 7.02. The molecule has 0 aromatic carbocycles. The van der Waals surface area contributed by atoms with Gasteiger partial charge in [0.05, 0.1) is 0 Å². The number of nitrogen functional groups attached to an aromatic ring is 1. The van der Waals surface area contributed by atoms with Crippen LogP contribution in [0.2, 0.25) is 0 Å². The number of hydrogen-bond acceptors (Lipinski definition) is 3. The molecule has 0 saturated heterocycles. The van der Waals surface area contributed by atoms with E-state index in [-0.39, 0.29) is 24.8 Å². The maximum atomic E-state index is 5.18. The lowest BCUT2D eigenvalue weighted by atomic mass is 10.6. The Hall–Kier alpha value is -0.540. The first-order valence-corrected chi connectivity index (χ1v) is 1.93. The van der Waals surface area contributed by atoms with Crippen LogP contribution in [0.25, 0.3) is 0 Å². The van der Waals surface area contributed by atoms with Gasteiger partial charge in [0.15, 0.2) is 0 Å². The van der Waals surface area contributed by atoms with Crippen LogP contribution in [-0.4, -0.2) is 10.2 Å².